The monoisotopic (exact) mass is 870 g/mol. The Morgan fingerprint density at radius 2 is 0.982 bits per heavy atom. The van der Waals surface area contributed by atoms with Gasteiger partial charge in [-0.25, -0.2) is 9.97 Å². The number of halogens is 3. The molecule has 2 aromatic carbocycles. The van der Waals surface area contributed by atoms with E-state index in [1.54, 1.807) is 12.1 Å². The standard InChI is InChI=1S/C19H17N3O5S.C10H7N3S.C9H9Cl3O3/c20-9-14-15(10-4-2-1-3-5-10)21-19(28-14)22-16(23)11-6-12(17(24)25)8-13(7-11)18(26)27;11-6-8-9(13-10(12)14-8)7-4-2-1-3-5-7;10-7(13)4-1-5(8(11)14)3-6(2-4)9(12)15/h1-5,11-13H,6-8H2,(H,24,25)(H,26,27)(H,21,22,23);1-5H,(H2,12,13);4-6H,1-3H2. The lowest BCUT2D eigenvalue weighted by Gasteiger charge is -2.29. The molecule has 2 unspecified atom stereocenters. The number of amides is 1. The van der Waals surface area contributed by atoms with E-state index in [9.17, 15) is 44.2 Å². The van der Waals surface area contributed by atoms with Crippen LogP contribution in [0.3, 0.4) is 0 Å². The summed E-state index contributed by atoms with van der Waals surface area (Å²) in [7, 11) is 0. The second-order valence-electron chi connectivity index (χ2n) is 13.1. The van der Waals surface area contributed by atoms with Crippen molar-refractivity contribution in [2.24, 2.45) is 35.5 Å². The van der Waals surface area contributed by atoms with Crippen molar-refractivity contribution in [2.75, 3.05) is 11.1 Å². The van der Waals surface area contributed by atoms with E-state index in [1.807, 2.05) is 48.5 Å². The van der Waals surface area contributed by atoms with E-state index in [1.165, 1.54) is 11.3 Å². The van der Waals surface area contributed by atoms with Gasteiger partial charge in [0.1, 0.15) is 33.3 Å². The predicted octanol–water partition coefficient (Wildman–Crippen LogP) is 7.40. The summed E-state index contributed by atoms with van der Waals surface area (Å²) in [6.45, 7) is 0. The number of carboxylic acids is 2. The highest BCUT2D eigenvalue weighted by atomic mass is 35.5. The fourth-order valence-electron chi connectivity index (χ4n) is 6.46. The number of aromatic nitrogens is 2. The van der Waals surface area contributed by atoms with Crippen molar-refractivity contribution in [3.8, 4) is 34.7 Å². The van der Waals surface area contributed by atoms with E-state index in [0.717, 1.165) is 22.5 Å². The molecule has 5 N–H and O–H groups in total. The maximum atomic E-state index is 12.6. The smallest absolute Gasteiger partial charge is 0.306 e. The van der Waals surface area contributed by atoms with Crippen molar-refractivity contribution in [3.05, 3.63) is 70.4 Å². The third-order valence-corrected chi connectivity index (χ3v) is 11.8. The fraction of sp³-hybridized carbons (Fsp3) is 0.316. The van der Waals surface area contributed by atoms with E-state index in [4.69, 9.17) is 45.8 Å². The van der Waals surface area contributed by atoms with Crippen molar-refractivity contribution in [3.63, 3.8) is 0 Å². The molecule has 2 fully saturated rings. The molecule has 6 rings (SSSR count). The maximum absolute atomic E-state index is 12.6. The zero-order valence-electron chi connectivity index (χ0n) is 29.6. The summed E-state index contributed by atoms with van der Waals surface area (Å²) in [5.74, 6) is -6.68. The van der Waals surface area contributed by atoms with E-state index in [-0.39, 0.29) is 24.4 Å². The average molecular weight is 872 g/mol. The first-order chi connectivity index (χ1) is 27.1. The minimum Gasteiger partial charge on any atom is -0.481 e. The molecule has 1 amide bonds. The minimum absolute atomic E-state index is 0.0163. The van der Waals surface area contributed by atoms with Crippen molar-refractivity contribution in [1.29, 1.82) is 10.5 Å². The minimum atomic E-state index is -1.10. The molecular formula is C38H33Cl3N6O8S2. The number of nitriles is 2. The molecule has 2 aliphatic rings. The van der Waals surface area contributed by atoms with Gasteiger partial charge in [-0.1, -0.05) is 83.3 Å². The Labute approximate surface area is 349 Å². The van der Waals surface area contributed by atoms with Crippen LogP contribution < -0.4 is 11.1 Å². The number of rotatable bonds is 9. The summed E-state index contributed by atoms with van der Waals surface area (Å²) in [5.41, 5.74) is 8.35. The van der Waals surface area contributed by atoms with Gasteiger partial charge in [-0.3, -0.25) is 28.8 Å². The number of hydrogen-bond acceptors (Lipinski definition) is 13. The van der Waals surface area contributed by atoms with Crippen molar-refractivity contribution in [2.45, 2.75) is 38.5 Å². The van der Waals surface area contributed by atoms with Crippen molar-refractivity contribution >= 4 is 101 Å². The molecule has 19 heteroatoms. The lowest BCUT2D eigenvalue weighted by atomic mass is 9.75. The molecule has 4 aromatic rings. The Morgan fingerprint density at radius 1 is 0.614 bits per heavy atom. The molecule has 2 aliphatic carbocycles. The number of anilines is 2. The summed E-state index contributed by atoms with van der Waals surface area (Å²) < 4.78 is 0. The molecule has 14 nitrogen and oxygen atoms in total. The van der Waals surface area contributed by atoms with Crippen LogP contribution in [0.4, 0.5) is 10.3 Å². The van der Waals surface area contributed by atoms with E-state index < -0.39 is 69.1 Å². The van der Waals surface area contributed by atoms with Crippen LogP contribution in [0.5, 0.6) is 0 Å². The van der Waals surface area contributed by atoms with Crippen LogP contribution in [0.2, 0.25) is 0 Å². The number of nitrogens with two attached hydrogens (primary N) is 1. The van der Waals surface area contributed by atoms with Gasteiger partial charge in [-0.05, 0) is 73.3 Å². The summed E-state index contributed by atoms with van der Waals surface area (Å²) >= 11 is 18.3. The number of nitrogens with one attached hydrogen (secondary N) is 1. The molecule has 0 radical (unpaired) electrons. The SMILES string of the molecule is N#Cc1sc(N)nc1-c1ccccc1.N#Cc1sc(NC(=O)C2CC(C(=O)O)CC(C(=O)O)C2)nc1-c1ccccc1.O=C(Cl)C1CC(C(=O)Cl)CC(C(=O)Cl)C1. The van der Waals surface area contributed by atoms with Crippen LogP contribution >= 0.6 is 57.5 Å². The van der Waals surface area contributed by atoms with Gasteiger partial charge >= 0.3 is 11.9 Å². The van der Waals surface area contributed by atoms with Gasteiger partial charge < -0.3 is 21.3 Å². The molecule has 0 saturated heterocycles. The second kappa shape index (κ2) is 20.8. The van der Waals surface area contributed by atoms with Crippen molar-refractivity contribution < 1.29 is 39.0 Å². The van der Waals surface area contributed by atoms with Crippen LogP contribution in [0.1, 0.15) is 48.3 Å². The molecule has 2 atom stereocenters. The lowest BCUT2D eigenvalue weighted by Crippen LogP contribution is -2.37. The number of carbonyl (C=O) groups is 6. The molecule has 57 heavy (non-hydrogen) atoms. The van der Waals surface area contributed by atoms with Gasteiger partial charge in [-0.2, -0.15) is 10.5 Å². The number of benzene rings is 2. The Bertz CT molecular complexity index is 2130. The second-order valence-corrected chi connectivity index (χ2v) is 16.2. The molecular weight excluding hydrogens is 839 g/mol. The first-order valence-electron chi connectivity index (χ1n) is 17.1. The highest BCUT2D eigenvalue weighted by Crippen LogP contribution is 2.38. The highest BCUT2D eigenvalue weighted by molar-refractivity contribution is 7.16. The number of nitrogens with zero attached hydrogens (tertiary/aromatic N) is 4. The van der Waals surface area contributed by atoms with Crippen LogP contribution in [0.25, 0.3) is 22.5 Å². The molecule has 0 bridgehead atoms. The number of hydrogen-bond donors (Lipinski definition) is 4. The number of carboxylic acid groups (broad SMARTS) is 2. The first kappa shape index (κ1) is 44.5. The topological polar surface area (TPSA) is 254 Å². The quantitative estimate of drug-likeness (QED) is 0.120. The summed E-state index contributed by atoms with van der Waals surface area (Å²) in [6.07, 6.45) is 1.10. The first-order valence-corrected chi connectivity index (χ1v) is 19.9. The van der Waals surface area contributed by atoms with Crippen molar-refractivity contribution in [1.82, 2.24) is 9.97 Å². The molecule has 2 saturated carbocycles. The van der Waals surface area contributed by atoms with Gasteiger partial charge in [0.05, 0.1) is 11.8 Å². The number of aliphatic carboxylic acids is 2. The number of thiazole rings is 2. The molecule has 296 valence electrons. The van der Waals surface area contributed by atoms with Gasteiger partial charge in [0.25, 0.3) is 0 Å². The fourth-order valence-corrected chi connectivity index (χ4v) is 8.44. The number of nitrogen functional groups attached to an aromatic ring is 1. The molecule has 0 spiro atoms. The zero-order valence-corrected chi connectivity index (χ0v) is 33.5. The highest BCUT2D eigenvalue weighted by Gasteiger charge is 2.40. The molecule has 2 aromatic heterocycles. The number of carbonyl (C=O) groups excluding carboxylic acids is 4. The predicted molar refractivity (Wildman–Crippen MR) is 214 cm³/mol. The summed E-state index contributed by atoms with van der Waals surface area (Å²) in [6, 6.07) is 22.8. The third kappa shape index (κ3) is 12.4. The maximum Gasteiger partial charge on any atom is 0.306 e. The van der Waals surface area contributed by atoms with Gasteiger partial charge in [0.15, 0.2) is 10.3 Å². The van der Waals surface area contributed by atoms with E-state index in [0.29, 0.717) is 45.5 Å². The summed E-state index contributed by atoms with van der Waals surface area (Å²) in [4.78, 5) is 77.6. The van der Waals surface area contributed by atoms with Gasteiger partial charge in [0, 0.05) is 34.8 Å². The van der Waals surface area contributed by atoms with E-state index >= 15 is 0 Å². The van der Waals surface area contributed by atoms with Crippen LogP contribution in [-0.4, -0.2) is 53.8 Å². The average Bonchev–Trinajstić information content (AvgIpc) is 3.81. The zero-order chi connectivity index (χ0) is 41.8. The Hall–Kier alpha value is -5.23. The Balaban J connectivity index is 0.000000209. The van der Waals surface area contributed by atoms with Crippen LogP contribution in [0, 0.1) is 58.2 Å². The normalized spacial score (nSPS) is 21.1. The Kier molecular flexibility index (Phi) is 16.2. The third-order valence-electron chi connectivity index (χ3n) is 9.24. The molecule has 0 aliphatic heterocycles. The van der Waals surface area contributed by atoms with Gasteiger partial charge in [-0.15, -0.1) is 0 Å². The largest absolute Gasteiger partial charge is 0.481 e. The molecule has 2 heterocycles. The lowest BCUT2D eigenvalue weighted by molar-refractivity contribution is -0.149. The van der Waals surface area contributed by atoms with Crippen LogP contribution in [0.15, 0.2) is 60.7 Å². The van der Waals surface area contributed by atoms with Gasteiger partial charge in [0.2, 0.25) is 21.6 Å². The van der Waals surface area contributed by atoms with E-state index in [2.05, 4.69) is 27.4 Å². The van der Waals surface area contributed by atoms with Crippen LogP contribution in [-0.2, 0) is 28.8 Å². The Morgan fingerprint density at radius 3 is 1.37 bits per heavy atom. The summed E-state index contributed by atoms with van der Waals surface area (Å²) in [5, 5.41) is 38.4.